The van der Waals surface area contributed by atoms with Crippen LogP contribution in [0.25, 0.3) is 5.70 Å². The third-order valence-corrected chi connectivity index (χ3v) is 6.22. The third-order valence-electron chi connectivity index (χ3n) is 5.89. The van der Waals surface area contributed by atoms with E-state index in [4.69, 9.17) is 11.6 Å². The Morgan fingerprint density at radius 3 is 2.38 bits per heavy atom. The lowest BCUT2D eigenvalue weighted by molar-refractivity contribution is -0.234. The Bertz CT molecular complexity index is 1010. The number of nitrogens with one attached hydrogen (secondary N) is 1. The summed E-state index contributed by atoms with van der Waals surface area (Å²) in [5.74, 6) is -0.215. The van der Waals surface area contributed by atoms with Gasteiger partial charge in [-0.1, -0.05) is 73.8 Å². The van der Waals surface area contributed by atoms with Crippen molar-refractivity contribution >= 4 is 29.0 Å². The van der Waals surface area contributed by atoms with Crippen molar-refractivity contribution in [3.63, 3.8) is 0 Å². The number of amidine groups is 1. The number of rotatable bonds is 5. The summed E-state index contributed by atoms with van der Waals surface area (Å²) in [5.41, 5.74) is 0.280. The van der Waals surface area contributed by atoms with Crippen molar-refractivity contribution in [2.75, 3.05) is 0 Å². The van der Waals surface area contributed by atoms with Gasteiger partial charge in [-0.3, -0.25) is 4.79 Å². The molecule has 3 nitrogen and oxygen atoms in total. The average molecular weight is 463 g/mol. The summed E-state index contributed by atoms with van der Waals surface area (Å²) in [7, 11) is 0. The molecule has 3 rings (SSSR count). The summed E-state index contributed by atoms with van der Waals surface area (Å²) in [5, 5.41) is 2.94. The van der Waals surface area contributed by atoms with Crippen LogP contribution >= 0.6 is 11.6 Å². The number of aliphatic imine (C=N–C) groups is 1. The van der Waals surface area contributed by atoms with E-state index in [1.165, 1.54) is 6.92 Å². The highest BCUT2D eigenvalue weighted by Gasteiger charge is 2.54. The van der Waals surface area contributed by atoms with E-state index in [0.717, 1.165) is 12.0 Å². The predicted molar refractivity (Wildman–Crippen MR) is 123 cm³/mol. The molecule has 0 spiro atoms. The van der Waals surface area contributed by atoms with Gasteiger partial charge in [0.2, 0.25) is 5.91 Å². The Morgan fingerprint density at radius 1 is 1.12 bits per heavy atom. The molecule has 0 atom stereocenters. The van der Waals surface area contributed by atoms with E-state index >= 15 is 0 Å². The highest BCUT2D eigenvalue weighted by atomic mass is 35.5. The maximum Gasteiger partial charge on any atom is 0.394 e. The maximum atomic E-state index is 14.0. The highest BCUT2D eigenvalue weighted by Crippen LogP contribution is 2.51. The summed E-state index contributed by atoms with van der Waals surface area (Å²) >= 11 is 6.39. The molecule has 0 bridgehead atoms. The number of benzene rings is 2. The number of amides is 1. The molecule has 0 unspecified atom stereocenters. The Hall–Kier alpha value is -2.60. The number of alkyl halides is 3. The standard InChI is InChI=1S/C25H26ClF3N2O/c1-17(20-9-5-3-6-10-20)30-23(31-18(2)32)21-15-19(11-12-22(21)26)16-24(25(27,28)29)13-7-4-8-14-24/h3,5-6,9-12,15H,1,4,7-8,13-14,16H2,2H3,(H,30,31,32). The number of halogens is 4. The van der Waals surface area contributed by atoms with Gasteiger partial charge >= 0.3 is 6.18 Å². The Morgan fingerprint density at radius 2 is 1.78 bits per heavy atom. The number of hydrogen-bond acceptors (Lipinski definition) is 2. The normalized spacial score (nSPS) is 16.5. The summed E-state index contributed by atoms with van der Waals surface area (Å²) < 4.78 is 42.1. The molecule has 32 heavy (non-hydrogen) atoms. The molecule has 2 aromatic carbocycles. The minimum Gasteiger partial charge on any atom is -0.310 e. The second kappa shape index (κ2) is 9.90. The lowest BCUT2D eigenvalue weighted by atomic mass is 9.69. The van der Waals surface area contributed by atoms with Gasteiger partial charge in [-0.05, 0) is 42.5 Å². The zero-order valence-corrected chi connectivity index (χ0v) is 18.7. The molecule has 1 aliphatic carbocycles. The summed E-state index contributed by atoms with van der Waals surface area (Å²) in [6.45, 7) is 5.29. The molecule has 1 saturated carbocycles. The Kier molecular flexibility index (Phi) is 7.44. The van der Waals surface area contributed by atoms with Crippen LogP contribution in [0, 0.1) is 5.41 Å². The van der Waals surface area contributed by atoms with Crippen LogP contribution in [0.3, 0.4) is 0 Å². The molecule has 0 aromatic heterocycles. The first-order chi connectivity index (χ1) is 15.1. The van der Waals surface area contributed by atoms with Gasteiger partial charge in [0, 0.05) is 12.5 Å². The topological polar surface area (TPSA) is 41.5 Å². The van der Waals surface area contributed by atoms with E-state index in [0.29, 0.717) is 29.7 Å². The van der Waals surface area contributed by atoms with Gasteiger partial charge in [0.1, 0.15) is 5.84 Å². The summed E-state index contributed by atoms with van der Waals surface area (Å²) in [4.78, 5) is 16.3. The van der Waals surface area contributed by atoms with Crippen molar-refractivity contribution in [2.24, 2.45) is 10.4 Å². The molecule has 2 aromatic rings. The van der Waals surface area contributed by atoms with Crippen LogP contribution < -0.4 is 5.32 Å². The molecule has 7 heteroatoms. The van der Waals surface area contributed by atoms with Crippen LogP contribution in [0.5, 0.6) is 0 Å². The number of nitrogens with zero attached hydrogens (tertiary/aromatic N) is 1. The highest BCUT2D eigenvalue weighted by molar-refractivity contribution is 6.34. The molecule has 0 saturated heterocycles. The third kappa shape index (κ3) is 5.60. The van der Waals surface area contributed by atoms with Crippen molar-refractivity contribution in [2.45, 2.75) is 51.6 Å². The molecule has 0 aliphatic heterocycles. The summed E-state index contributed by atoms with van der Waals surface area (Å²) in [6, 6.07) is 13.9. The molecule has 1 N–H and O–H groups in total. The average Bonchev–Trinajstić information content (AvgIpc) is 2.75. The van der Waals surface area contributed by atoms with Crippen molar-refractivity contribution in [1.29, 1.82) is 0 Å². The Labute approximate surface area is 191 Å². The van der Waals surface area contributed by atoms with Crippen LogP contribution in [-0.2, 0) is 11.2 Å². The molecule has 1 amide bonds. The largest absolute Gasteiger partial charge is 0.394 e. The van der Waals surface area contributed by atoms with Gasteiger partial charge in [-0.15, -0.1) is 0 Å². The number of carbonyl (C=O) groups is 1. The van der Waals surface area contributed by atoms with Crippen molar-refractivity contribution < 1.29 is 18.0 Å². The molecule has 1 aliphatic rings. The van der Waals surface area contributed by atoms with Crippen molar-refractivity contribution in [3.8, 4) is 0 Å². The van der Waals surface area contributed by atoms with Crippen LogP contribution in [0.1, 0.15) is 55.7 Å². The van der Waals surface area contributed by atoms with Crippen molar-refractivity contribution in [3.05, 3.63) is 76.8 Å². The number of hydrogen-bond donors (Lipinski definition) is 1. The van der Waals surface area contributed by atoms with Gasteiger partial charge in [0.15, 0.2) is 0 Å². The molecular formula is C25H26ClF3N2O. The van der Waals surface area contributed by atoms with E-state index in [2.05, 4.69) is 16.9 Å². The molecule has 170 valence electrons. The first-order valence-electron chi connectivity index (χ1n) is 10.6. The van der Waals surface area contributed by atoms with Crippen LogP contribution in [0.4, 0.5) is 13.2 Å². The van der Waals surface area contributed by atoms with E-state index in [1.54, 1.807) is 18.2 Å². The van der Waals surface area contributed by atoms with Crippen LogP contribution in [0.2, 0.25) is 5.02 Å². The van der Waals surface area contributed by atoms with Gasteiger partial charge in [0.25, 0.3) is 0 Å². The van der Waals surface area contributed by atoms with E-state index in [1.807, 2.05) is 30.3 Å². The van der Waals surface area contributed by atoms with E-state index in [-0.39, 0.29) is 36.0 Å². The van der Waals surface area contributed by atoms with E-state index in [9.17, 15) is 18.0 Å². The fourth-order valence-electron chi connectivity index (χ4n) is 4.20. The SMILES string of the molecule is C=C(N=C(NC(C)=O)c1cc(CC2(C(F)(F)F)CCCCC2)ccc1Cl)c1ccccc1. The fourth-order valence-corrected chi connectivity index (χ4v) is 4.40. The van der Waals surface area contributed by atoms with Crippen molar-refractivity contribution in [1.82, 2.24) is 5.32 Å². The van der Waals surface area contributed by atoms with Gasteiger partial charge in [-0.2, -0.15) is 13.2 Å². The van der Waals surface area contributed by atoms with Gasteiger partial charge < -0.3 is 5.32 Å². The number of carbonyl (C=O) groups excluding carboxylic acids is 1. The molecule has 0 radical (unpaired) electrons. The quantitative estimate of drug-likeness (QED) is 0.379. The molecule has 0 heterocycles. The minimum atomic E-state index is -4.29. The first-order valence-corrected chi connectivity index (χ1v) is 11.0. The lowest BCUT2D eigenvalue weighted by Crippen LogP contribution is -2.41. The smallest absolute Gasteiger partial charge is 0.310 e. The molecule has 1 fully saturated rings. The predicted octanol–water partition coefficient (Wildman–Crippen LogP) is 6.95. The van der Waals surface area contributed by atoms with Crippen LogP contribution in [-0.4, -0.2) is 17.9 Å². The molecular weight excluding hydrogens is 437 g/mol. The minimum absolute atomic E-state index is 0.117. The summed E-state index contributed by atoms with van der Waals surface area (Å²) in [6.07, 6.45) is -2.23. The van der Waals surface area contributed by atoms with E-state index < -0.39 is 11.6 Å². The monoisotopic (exact) mass is 462 g/mol. The zero-order valence-electron chi connectivity index (χ0n) is 17.9. The second-order valence-electron chi connectivity index (χ2n) is 8.28. The Balaban J connectivity index is 1.99. The maximum absolute atomic E-state index is 14.0. The zero-order chi connectivity index (χ0) is 23.4. The first kappa shape index (κ1) is 24.1. The lowest BCUT2D eigenvalue weighted by Gasteiger charge is -2.39. The van der Waals surface area contributed by atoms with Gasteiger partial charge in [0.05, 0.1) is 16.1 Å². The second-order valence-corrected chi connectivity index (χ2v) is 8.69. The van der Waals surface area contributed by atoms with Crippen LogP contribution in [0.15, 0.2) is 60.1 Å². The fraction of sp³-hybridized carbons (Fsp3) is 0.360. The van der Waals surface area contributed by atoms with Gasteiger partial charge in [-0.25, -0.2) is 4.99 Å².